The second-order valence-electron chi connectivity index (χ2n) is 2.87. The van der Waals surface area contributed by atoms with Gasteiger partial charge in [0.15, 0.2) is 5.92 Å². The first kappa shape index (κ1) is 11.6. The van der Waals surface area contributed by atoms with E-state index in [9.17, 15) is 4.79 Å². The van der Waals surface area contributed by atoms with Crippen molar-refractivity contribution in [2.45, 2.75) is 26.7 Å². The Morgan fingerprint density at radius 2 is 2.00 bits per heavy atom. The molecule has 4 nitrogen and oxygen atoms in total. The van der Waals surface area contributed by atoms with Crippen LogP contribution >= 0.6 is 0 Å². The molecule has 0 aliphatic heterocycles. The van der Waals surface area contributed by atoms with E-state index in [0.717, 1.165) is 0 Å². The Kier molecular flexibility index (Phi) is 4.75. The van der Waals surface area contributed by atoms with Crippen LogP contribution in [0.25, 0.3) is 0 Å². The van der Waals surface area contributed by atoms with E-state index in [1.54, 1.807) is 6.07 Å². The molecule has 0 aromatic heterocycles. The molecule has 0 aromatic rings. The Hall–Kier alpha value is -1.37. The summed E-state index contributed by atoms with van der Waals surface area (Å²) < 4.78 is 0. The molecule has 72 valence electrons. The maximum Gasteiger partial charge on any atom is 0.326 e. The highest BCUT2D eigenvalue weighted by molar-refractivity contribution is 6.03. The van der Waals surface area contributed by atoms with Crippen LogP contribution in [0.3, 0.4) is 0 Å². The van der Waals surface area contributed by atoms with Gasteiger partial charge in [-0.05, 0) is 18.8 Å². The minimum absolute atomic E-state index is 0.0278. The molecule has 0 fully saturated rings. The van der Waals surface area contributed by atoms with Crippen LogP contribution in [0.1, 0.15) is 26.7 Å². The van der Waals surface area contributed by atoms with Crippen molar-refractivity contribution in [2.24, 2.45) is 11.8 Å². The number of aliphatic carboxylic acids is 1. The zero-order valence-electron chi connectivity index (χ0n) is 7.87. The Balaban J connectivity index is 4.56. The molecule has 0 aliphatic carbocycles. The van der Waals surface area contributed by atoms with Crippen LogP contribution in [-0.2, 0) is 4.79 Å². The minimum atomic E-state index is -1.27. The number of carbonyl (C=O) groups is 1. The van der Waals surface area contributed by atoms with Gasteiger partial charge >= 0.3 is 5.97 Å². The van der Waals surface area contributed by atoms with Crippen LogP contribution in [0, 0.1) is 28.6 Å². The zero-order valence-corrected chi connectivity index (χ0v) is 7.87. The number of nitrogens with zero attached hydrogens (tertiary/aromatic N) is 1. The van der Waals surface area contributed by atoms with Gasteiger partial charge in [-0.15, -0.1) is 0 Å². The van der Waals surface area contributed by atoms with Crippen LogP contribution < -0.4 is 0 Å². The third kappa shape index (κ3) is 2.86. The quantitative estimate of drug-likeness (QED) is 0.634. The summed E-state index contributed by atoms with van der Waals surface area (Å²) >= 11 is 0. The predicted molar refractivity (Wildman–Crippen MR) is 48.5 cm³/mol. The van der Waals surface area contributed by atoms with Gasteiger partial charge in [0, 0.05) is 5.71 Å². The van der Waals surface area contributed by atoms with Gasteiger partial charge in [-0.25, -0.2) is 0 Å². The van der Waals surface area contributed by atoms with Gasteiger partial charge in [-0.1, -0.05) is 13.8 Å². The van der Waals surface area contributed by atoms with Crippen molar-refractivity contribution in [1.82, 2.24) is 0 Å². The number of nitriles is 1. The first-order valence-corrected chi connectivity index (χ1v) is 4.29. The summed E-state index contributed by atoms with van der Waals surface area (Å²) in [5, 5.41) is 24.7. The number of hydrogen-bond donors (Lipinski definition) is 2. The highest BCUT2D eigenvalue weighted by Gasteiger charge is 2.26. The van der Waals surface area contributed by atoms with Gasteiger partial charge in [0.05, 0.1) is 6.07 Å². The summed E-state index contributed by atoms with van der Waals surface area (Å²) in [6.45, 7) is 3.78. The normalized spacial score (nSPS) is 12.2. The molecule has 0 rings (SSSR count). The van der Waals surface area contributed by atoms with Gasteiger partial charge in [0.25, 0.3) is 0 Å². The molecule has 0 spiro atoms. The Bertz CT molecular complexity index is 238. The first-order valence-electron chi connectivity index (χ1n) is 4.29. The van der Waals surface area contributed by atoms with Crippen LogP contribution in [0.5, 0.6) is 0 Å². The molecule has 0 aromatic carbocycles. The van der Waals surface area contributed by atoms with Gasteiger partial charge in [0.2, 0.25) is 0 Å². The molecule has 2 N–H and O–H groups in total. The zero-order chi connectivity index (χ0) is 10.4. The van der Waals surface area contributed by atoms with E-state index in [-0.39, 0.29) is 11.6 Å². The molecular formula is C9H14N2O2. The molecule has 4 heteroatoms. The third-order valence-corrected chi connectivity index (χ3v) is 2.11. The number of hydrogen-bond acceptors (Lipinski definition) is 3. The van der Waals surface area contributed by atoms with E-state index in [1.165, 1.54) is 0 Å². The van der Waals surface area contributed by atoms with Crippen LogP contribution in [-0.4, -0.2) is 16.8 Å². The molecule has 1 atom stereocenters. The number of carboxylic acids is 1. The van der Waals surface area contributed by atoms with Crippen molar-refractivity contribution in [1.29, 1.82) is 10.7 Å². The van der Waals surface area contributed by atoms with Gasteiger partial charge < -0.3 is 10.5 Å². The lowest BCUT2D eigenvalue weighted by Gasteiger charge is -2.15. The number of nitrogens with one attached hydrogen (secondary N) is 1. The second-order valence-corrected chi connectivity index (χ2v) is 2.87. The van der Waals surface area contributed by atoms with E-state index < -0.39 is 11.9 Å². The standard InChI is InChI=1S/C9H14N2O2/c1-3-6(4-2)8(11)7(5-10)9(12)13/h6-7,11H,3-4H2,1-2H3,(H,12,13). The molecule has 1 unspecified atom stereocenters. The second kappa shape index (κ2) is 5.31. The molecule has 13 heavy (non-hydrogen) atoms. The third-order valence-electron chi connectivity index (χ3n) is 2.11. The van der Waals surface area contributed by atoms with Gasteiger partial charge in [-0.3, -0.25) is 4.79 Å². The predicted octanol–water partition coefficient (Wildman–Crippen LogP) is 1.67. The van der Waals surface area contributed by atoms with Crippen LogP contribution in [0.2, 0.25) is 0 Å². The largest absolute Gasteiger partial charge is 0.480 e. The van der Waals surface area contributed by atoms with Crippen molar-refractivity contribution in [2.75, 3.05) is 0 Å². The highest BCUT2D eigenvalue weighted by Crippen LogP contribution is 2.15. The molecule has 0 bridgehead atoms. The number of rotatable bonds is 5. The molecule has 0 amide bonds. The average molecular weight is 182 g/mol. The van der Waals surface area contributed by atoms with Gasteiger partial charge in [0.1, 0.15) is 0 Å². The summed E-state index contributed by atoms with van der Waals surface area (Å²) in [7, 11) is 0. The average Bonchev–Trinajstić information content (AvgIpc) is 2.07. The fourth-order valence-corrected chi connectivity index (χ4v) is 1.22. The summed E-state index contributed by atoms with van der Waals surface area (Å²) in [4.78, 5) is 10.5. The summed E-state index contributed by atoms with van der Waals surface area (Å²) in [6, 6.07) is 1.63. The topological polar surface area (TPSA) is 84.9 Å². The van der Waals surface area contributed by atoms with E-state index in [1.807, 2.05) is 13.8 Å². The summed E-state index contributed by atoms with van der Waals surface area (Å²) in [6.07, 6.45) is 1.42. The van der Waals surface area contributed by atoms with Crippen molar-refractivity contribution >= 4 is 11.7 Å². The Morgan fingerprint density at radius 1 is 1.54 bits per heavy atom. The molecule has 0 radical (unpaired) electrons. The lowest BCUT2D eigenvalue weighted by Crippen LogP contribution is -2.27. The summed E-state index contributed by atoms with van der Waals surface area (Å²) in [5.41, 5.74) is 0.0278. The molecule has 0 heterocycles. The molecule has 0 aliphatic rings. The van der Waals surface area contributed by atoms with Gasteiger partial charge in [-0.2, -0.15) is 5.26 Å². The van der Waals surface area contributed by atoms with Crippen molar-refractivity contribution < 1.29 is 9.90 Å². The summed E-state index contributed by atoms with van der Waals surface area (Å²) in [5.74, 6) is -2.58. The van der Waals surface area contributed by atoms with Crippen molar-refractivity contribution in [3.8, 4) is 6.07 Å². The maximum absolute atomic E-state index is 10.5. The SMILES string of the molecule is CCC(CC)C(=N)C(C#N)C(=O)O. The lowest BCUT2D eigenvalue weighted by atomic mass is 9.89. The van der Waals surface area contributed by atoms with E-state index >= 15 is 0 Å². The molecule has 0 saturated carbocycles. The van der Waals surface area contributed by atoms with Crippen LogP contribution in [0.4, 0.5) is 0 Å². The van der Waals surface area contributed by atoms with E-state index in [0.29, 0.717) is 12.8 Å². The maximum atomic E-state index is 10.5. The van der Waals surface area contributed by atoms with Crippen molar-refractivity contribution in [3.05, 3.63) is 0 Å². The highest BCUT2D eigenvalue weighted by atomic mass is 16.4. The Morgan fingerprint density at radius 3 is 2.23 bits per heavy atom. The lowest BCUT2D eigenvalue weighted by molar-refractivity contribution is -0.137. The number of carboxylic acid groups (broad SMARTS) is 1. The fraction of sp³-hybridized carbons (Fsp3) is 0.667. The molecule has 0 saturated heterocycles. The fourth-order valence-electron chi connectivity index (χ4n) is 1.22. The van der Waals surface area contributed by atoms with E-state index in [2.05, 4.69) is 0 Å². The Labute approximate surface area is 77.7 Å². The van der Waals surface area contributed by atoms with E-state index in [4.69, 9.17) is 15.8 Å². The molecular weight excluding hydrogens is 168 g/mol. The monoisotopic (exact) mass is 182 g/mol. The van der Waals surface area contributed by atoms with Crippen molar-refractivity contribution in [3.63, 3.8) is 0 Å². The minimum Gasteiger partial charge on any atom is -0.480 e. The first-order chi connectivity index (χ1) is 6.08. The smallest absolute Gasteiger partial charge is 0.326 e. The van der Waals surface area contributed by atoms with Crippen LogP contribution in [0.15, 0.2) is 0 Å².